The number of piperazine rings is 1. The zero-order chi connectivity index (χ0) is 22.1. The van der Waals surface area contributed by atoms with E-state index in [0.717, 1.165) is 15.5 Å². The van der Waals surface area contributed by atoms with Crippen molar-refractivity contribution in [3.63, 3.8) is 0 Å². The van der Waals surface area contributed by atoms with Gasteiger partial charge in [0, 0.05) is 34.1 Å². The van der Waals surface area contributed by atoms with Crippen LogP contribution in [0.3, 0.4) is 0 Å². The van der Waals surface area contributed by atoms with E-state index in [2.05, 4.69) is 99.1 Å². The van der Waals surface area contributed by atoms with E-state index in [1.165, 1.54) is 11.1 Å². The van der Waals surface area contributed by atoms with Gasteiger partial charge in [-0.05, 0) is 70.0 Å². The minimum absolute atomic E-state index is 0.0597. The van der Waals surface area contributed by atoms with E-state index in [-0.39, 0.29) is 24.2 Å². The van der Waals surface area contributed by atoms with Crippen molar-refractivity contribution in [2.75, 3.05) is 13.1 Å². The van der Waals surface area contributed by atoms with E-state index in [1.54, 1.807) is 0 Å². The second kappa shape index (κ2) is 9.41. The van der Waals surface area contributed by atoms with Crippen LogP contribution in [0.5, 0.6) is 0 Å². The molecule has 1 heterocycles. The summed E-state index contributed by atoms with van der Waals surface area (Å²) in [5.74, 6) is 0. The van der Waals surface area contributed by atoms with E-state index in [9.17, 15) is 4.79 Å². The first-order valence-electron chi connectivity index (χ1n) is 10.3. The average molecular weight is 538 g/mol. The summed E-state index contributed by atoms with van der Waals surface area (Å²) in [4.78, 5) is 17.1. The molecule has 0 N–H and O–H groups in total. The number of rotatable bonds is 3. The fourth-order valence-electron chi connectivity index (χ4n) is 3.95. The molecule has 2 atom stereocenters. The first-order chi connectivity index (χ1) is 14.0. The van der Waals surface area contributed by atoms with Crippen molar-refractivity contribution in [2.24, 2.45) is 0 Å². The Balaban J connectivity index is 1.90. The van der Waals surface area contributed by atoms with Crippen molar-refractivity contribution in [3.8, 4) is 0 Å². The highest BCUT2D eigenvalue weighted by Gasteiger charge is 2.38. The molecule has 6 heteroatoms. The Labute approximate surface area is 196 Å². The molecule has 1 fully saturated rings. The lowest BCUT2D eigenvalue weighted by Gasteiger charge is -2.47. The number of carbonyl (C=O) groups is 1. The summed E-state index contributed by atoms with van der Waals surface area (Å²) in [6.07, 6.45) is -0.231. The normalized spacial score (nSPS) is 20.5. The van der Waals surface area contributed by atoms with E-state index in [1.807, 2.05) is 25.7 Å². The molecule has 0 bridgehead atoms. The Kier molecular flexibility index (Phi) is 7.31. The molecular weight excluding hydrogens is 508 g/mol. The zero-order valence-corrected chi connectivity index (χ0v) is 21.4. The third-order valence-electron chi connectivity index (χ3n) is 5.37. The number of carbonyl (C=O) groups excluding carboxylic acids is 1. The van der Waals surface area contributed by atoms with Gasteiger partial charge in [-0.2, -0.15) is 0 Å². The van der Waals surface area contributed by atoms with Gasteiger partial charge in [-0.15, -0.1) is 0 Å². The molecule has 0 spiro atoms. The molecule has 1 aliphatic rings. The Morgan fingerprint density at radius 1 is 0.900 bits per heavy atom. The Bertz CT molecular complexity index is 817. The lowest BCUT2D eigenvalue weighted by atomic mass is 9.94. The van der Waals surface area contributed by atoms with Gasteiger partial charge in [0.2, 0.25) is 0 Å². The molecule has 0 saturated carbocycles. The zero-order valence-electron chi connectivity index (χ0n) is 18.2. The average Bonchev–Trinajstić information content (AvgIpc) is 2.66. The second-order valence-electron chi connectivity index (χ2n) is 9.03. The van der Waals surface area contributed by atoms with Gasteiger partial charge in [0.1, 0.15) is 5.60 Å². The maximum absolute atomic E-state index is 12.7. The fraction of sp³-hybridized carbons (Fsp3) is 0.458. The van der Waals surface area contributed by atoms with Gasteiger partial charge in [-0.1, -0.05) is 56.1 Å². The SMILES string of the molecule is C[C@@H]1CN(C(=O)OC(C)(C)C)[C@@H](C)CN1C(c1ccc(Br)cc1)c1ccc(Br)cc1. The van der Waals surface area contributed by atoms with Gasteiger partial charge < -0.3 is 9.64 Å². The molecule has 1 saturated heterocycles. The minimum atomic E-state index is -0.492. The monoisotopic (exact) mass is 536 g/mol. The number of benzene rings is 2. The molecule has 0 radical (unpaired) electrons. The fourth-order valence-corrected chi connectivity index (χ4v) is 4.48. The third-order valence-corrected chi connectivity index (χ3v) is 6.42. The van der Waals surface area contributed by atoms with E-state index >= 15 is 0 Å². The lowest BCUT2D eigenvalue weighted by molar-refractivity contribution is -0.0163. The van der Waals surface area contributed by atoms with Crippen molar-refractivity contribution >= 4 is 38.0 Å². The molecule has 0 aromatic heterocycles. The molecule has 1 amide bonds. The number of nitrogens with zero attached hydrogens (tertiary/aromatic N) is 2. The van der Waals surface area contributed by atoms with Crippen LogP contribution in [0, 0.1) is 0 Å². The van der Waals surface area contributed by atoms with Gasteiger partial charge in [0.15, 0.2) is 0 Å². The molecule has 0 aliphatic carbocycles. The summed E-state index contributed by atoms with van der Waals surface area (Å²) in [5.41, 5.74) is 1.99. The van der Waals surface area contributed by atoms with E-state index in [0.29, 0.717) is 6.54 Å². The van der Waals surface area contributed by atoms with Crippen LogP contribution in [0.15, 0.2) is 57.5 Å². The molecule has 2 aromatic carbocycles. The summed E-state index contributed by atoms with van der Waals surface area (Å²) < 4.78 is 7.78. The summed E-state index contributed by atoms with van der Waals surface area (Å²) >= 11 is 7.10. The van der Waals surface area contributed by atoms with Gasteiger partial charge >= 0.3 is 6.09 Å². The van der Waals surface area contributed by atoms with Gasteiger partial charge in [-0.3, -0.25) is 4.90 Å². The summed E-state index contributed by atoms with van der Waals surface area (Å²) in [6.45, 7) is 11.4. The van der Waals surface area contributed by atoms with Crippen molar-refractivity contribution in [3.05, 3.63) is 68.6 Å². The van der Waals surface area contributed by atoms with Crippen LogP contribution in [0.2, 0.25) is 0 Å². The van der Waals surface area contributed by atoms with Gasteiger partial charge in [0.05, 0.1) is 6.04 Å². The van der Waals surface area contributed by atoms with Crippen molar-refractivity contribution in [1.29, 1.82) is 0 Å². The molecule has 4 nitrogen and oxygen atoms in total. The predicted molar refractivity (Wildman–Crippen MR) is 129 cm³/mol. The van der Waals surface area contributed by atoms with Crippen LogP contribution in [-0.4, -0.2) is 46.7 Å². The van der Waals surface area contributed by atoms with Crippen LogP contribution in [0.25, 0.3) is 0 Å². The molecule has 1 aliphatic heterocycles. The topological polar surface area (TPSA) is 32.8 Å². The quantitative estimate of drug-likeness (QED) is 0.440. The third kappa shape index (κ3) is 5.65. The van der Waals surface area contributed by atoms with Crippen molar-refractivity contribution in [1.82, 2.24) is 9.80 Å². The van der Waals surface area contributed by atoms with E-state index in [4.69, 9.17) is 4.74 Å². The van der Waals surface area contributed by atoms with E-state index < -0.39 is 5.60 Å². The van der Waals surface area contributed by atoms with Crippen molar-refractivity contribution in [2.45, 2.75) is 58.3 Å². The number of ether oxygens (including phenoxy) is 1. The molecule has 3 rings (SSSR count). The summed E-state index contributed by atoms with van der Waals surface area (Å²) in [7, 11) is 0. The Morgan fingerprint density at radius 2 is 1.37 bits per heavy atom. The standard InChI is InChI=1S/C24H30Br2N2O2/c1-16-15-28(23(29)30-24(3,4)5)17(2)14-27(16)22(18-6-10-20(25)11-7-18)19-8-12-21(26)13-9-19/h6-13,16-17,22H,14-15H2,1-5H3/t16-,17+/m1/s1. The number of hydrogen-bond acceptors (Lipinski definition) is 3. The smallest absolute Gasteiger partial charge is 0.410 e. The molecule has 30 heavy (non-hydrogen) atoms. The lowest BCUT2D eigenvalue weighted by Crippen LogP contribution is -2.59. The predicted octanol–water partition coefficient (Wildman–Crippen LogP) is 6.63. The summed E-state index contributed by atoms with van der Waals surface area (Å²) in [5, 5.41) is 0. The van der Waals surface area contributed by atoms with Crippen LogP contribution in [-0.2, 0) is 4.74 Å². The first-order valence-corrected chi connectivity index (χ1v) is 11.9. The van der Waals surface area contributed by atoms with Gasteiger partial charge in [0.25, 0.3) is 0 Å². The first kappa shape index (κ1) is 23.3. The largest absolute Gasteiger partial charge is 0.444 e. The number of hydrogen-bond donors (Lipinski definition) is 0. The Hall–Kier alpha value is -1.37. The van der Waals surface area contributed by atoms with Gasteiger partial charge in [-0.25, -0.2) is 4.79 Å². The van der Waals surface area contributed by atoms with Crippen molar-refractivity contribution < 1.29 is 9.53 Å². The van der Waals surface area contributed by atoms with Crippen LogP contribution >= 0.6 is 31.9 Å². The van der Waals surface area contributed by atoms with Crippen LogP contribution < -0.4 is 0 Å². The molecule has 2 aromatic rings. The maximum atomic E-state index is 12.7. The highest BCUT2D eigenvalue weighted by molar-refractivity contribution is 9.10. The molecule has 162 valence electrons. The van der Waals surface area contributed by atoms with Crippen LogP contribution in [0.1, 0.15) is 51.8 Å². The molecular formula is C24H30Br2N2O2. The highest BCUT2D eigenvalue weighted by Crippen LogP contribution is 2.34. The number of amides is 1. The molecule has 0 unspecified atom stereocenters. The number of halogens is 2. The highest BCUT2D eigenvalue weighted by atomic mass is 79.9. The second-order valence-corrected chi connectivity index (χ2v) is 10.9. The summed E-state index contributed by atoms with van der Waals surface area (Å²) in [6, 6.07) is 17.4. The maximum Gasteiger partial charge on any atom is 0.410 e. The minimum Gasteiger partial charge on any atom is -0.444 e. The van der Waals surface area contributed by atoms with Crippen LogP contribution in [0.4, 0.5) is 4.79 Å². The Morgan fingerprint density at radius 3 is 1.80 bits per heavy atom.